The molecule has 1 amide bonds. The lowest BCUT2D eigenvalue weighted by atomic mass is 9.89. The van der Waals surface area contributed by atoms with E-state index in [1.54, 1.807) is 0 Å². The highest BCUT2D eigenvalue weighted by Crippen LogP contribution is 2.27. The monoisotopic (exact) mass is 298 g/mol. The molecule has 2 heterocycles. The zero-order valence-electron chi connectivity index (χ0n) is 12.9. The maximum atomic E-state index is 12.5. The highest BCUT2D eigenvalue weighted by atomic mass is 16.3. The molecule has 0 bridgehead atoms. The van der Waals surface area contributed by atoms with Crippen LogP contribution in [0.1, 0.15) is 32.6 Å². The van der Waals surface area contributed by atoms with E-state index >= 15 is 0 Å². The number of likely N-dealkylation sites (tertiary alicyclic amines) is 1. The normalized spacial score (nSPS) is 24.3. The number of aliphatic hydroxyl groups is 1. The molecule has 0 saturated carbocycles. The molecular weight excluding hydrogens is 272 g/mol. The second-order valence-corrected chi connectivity index (χ2v) is 5.68. The van der Waals surface area contributed by atoms with E-state index in [9.17, 15) is 9.90 Å². The molecule has 0 aromatic carbocycles. The van der Waals surface area contributed by atoms with Crippen molar-refractivity contribution < 1.29 is 19.8 Å². The Morgan fingerprint density at radius 2 is 2.00 bits per heavy atom. The number of carbonyl (C=O) groups excluding carboxylic acids is 1. The van der Waals surface area contributed by atoms with E-state index in [4.69, 9.17) is 9.90 Å². The van der Waals surface area contributed by atoms with E-state index in [1.165, 1.54) is 0 Å². The highest BCUT2D eigenvalue weighted by molar-refractivity contribution is 5.86. The molecule has 0 aromatic rings. The van der Waals surface area contributed by atoms with E-state index in [2.05, 4.69) is 17.9 Å². The minimum absolute atomic E-state index is 0.0703. The van der Waals surface area contributed by atoms with Crippen molar-refractivity contribution in [1.29, 1.82) is 0 Å². The summed E-state index contributed by atoms with van der Waals surface area (Å²) in [4.78, 5) is 24.9. The van der Waals surface area contributed by atoms with Crippen molar-refractivity contribution in [3.05, 3.63) is 12.2 Å². The minimum Gasteiger partial charge on any atom is -0.483 e. The van der Waals surface area contributed by atoms with Gasteiger partial charge in [-0.2, -0.15) is 0 Å². The van der Waals surface area contributed by atoms with Gasteiger partial charge in [0, 0.05) is 19.6 Å². The minimum atomic E-state index is -1.13. The number of rotatable bonds is 3. The first-order chi connectivity index (χ1) is 9.98. The fourth-order valence-corrected chi connectivity index (χ4v) is 2.82. The third-order valence-corrected chi connectivity index (χ3v) is 4.12. The predicted octanol–water partition coefficient (Wildman–Crippen LogP) is 0.711. The number of carboxylic acid groups (broad SMARTS) is 1. The molecule has 0 aromatic heterocycles. The van der Waals surface area contributed by atoms with Crippen molar-refractivity contribution in [3.63, 3.8) is 0 Å². The molecular formula is C15H26N2O4. The Balaban J connectivity index is 0.000000677. The fraction of sp³-hybridized carbons (Fsp3) is 0.733. The lowest BCUT2D eigenvalue weighted by molar-refractivity contribution is -0.156. The molecule has 6 nitrogen and oxygen atoms in total. The maximum absolute atomic E-state index is 12.5. The Labute approximate surface area is 126 Å². The van der Waals surface area contributed by atoms with E-state index in [1.807, 2.05) is 18.0 Å². The summed E-state index contributed by atoms with van der Waals surface area (Å²) in [5.41, 5.74) is -1.13. The van der Waals surface area contributed by atoms with Gasteiger partial charge in [-0.3, -0.25) is 9.59 Å². The van der Waals surface area contributed by atoms with Crippen molar-refractivity contribution in [1.82, 2.24) is 9.80 Å². The molecule has 1 fully saturated rings. The van der Waals surface area contributed by atoms with Crippen LogP contribution in [0.5, 0.6) is 0 Å². The third kappa shape index (κ3) is 4.54. The van der Waals surface area contributed by atoms with Crippen LogP contribution in [-0.2, 0) is 9.59 Å². The summed E-state index contributed by atoms with van der Waals surface area (Å²) in [7, 11) is 2.03. The smallest absolute Gasteiger partial charge is 0.290 e. The van der Waals surface area contributed by atoms with E-state index in [0.29, 0.717) is 19.4 Å². The van der Waals surface area contributed by atoms with Gasteiger partial charge in [0.05, 0.1) is 6.04 Å². The van der Waals surface area contributed by atoms with Crippen LogP contribution in [0.2, 0.25) is 0 Å². The van der Waals surface area contributed by atoms with E-state index < -0.39 is 5.60 Å². The molecule has 2 rings (SSSR count). The summed E-state index contributed by atoms with van der Waals surface area (Å²) in [5, 5.41) is 17.4. The SMILES string of the molecule is CCCC1C=CCN1C(=O)C1(O)CCN(C)CC1.O=CO. The van der Waals surface area contributed by atoms with Gasteiger partial charge in [0.25, 0.3) is 12.4 Å². The van der Waals surface area contributed by atoms with Gasteiger partial charge in [-0.15, -0.1) is 0 Å². The zero-order valence-corrected chi connectivity index (χ0v) is 12.9. The molecule has 1 unspecified atom stereocenters. The second-order valence-electron chi connectivity index (χ2n) is 5.68. The Morgan fingerprint density at radius 3 is 2.52 bits per heavy atom. The molecule has 2 aliphatic rings. The van der Waals surface area contributed by atoms with E-state index in [-0.39, 0.29) is 18.4 Å². The van der Waals surface area contributed by atoms with Crippen molar-refractivity contribution in [2.45, 2.75) is 44.2 Å². The van der Waals surface area contributed by atoms with Gasteiger partial charge in [0.2, 0.25) is 0 Å². The van der Waals surface area contributed by atoms with Crippen LogP contribution in [-0.4, -0.2) is 70.7 Å². The molecule has 2 aliphatic heterocycles. The van der Waals surface area contributed by atoms with Crippen LogP contribution in [0.4, 0.5) is 0 Å². The average molecular weight is 298 g/mol. The first kappa shape index (κ1) is 17.7. The van der Waals surface area contributed by atoms with Crippen molar-refractivity contribution in [2.75, 3.05) is 26.7 Å². The summed E-state index contributed by atoms with van der Waals surface area (Å²) in [6, 6.07) is 0.186. The van der Waals surface area contributed by atoms with Gasteiger partial charge < -0.3 is 20.0 Å². The summed E-state index contributed by atoms with van der Waals surface area (Å²) in [6.07, 6.45) is 7.28. The van der Waals surface area contributed by atoms with Crippen LogP contribution >= 0.6 is 0 Å². The van der Waals surface area contributed by atoms with Crippen molar-refractivity contribution in [3.8, 4) is 0 Å². The van der Waals surface area contributed by atoms with E-state index in [0.717, 1.165) is 25.9 Å². The van der Waals surface area contributed by atoms with Crippen LogP contribution in [0.25, 0.3) is 0 Å². The number of carbonyl (C=O) groups is 2. The number of piperidine rings is 1. The second kappa shape index (κ2) is 8.14. The topological polar surface area (TPSA) is 81.1 Å². The van der Waals surface area contributed by atoms with Gasteiger partial charge in [0.15, 0.2) is 0 Å². The molecule has 0 spiro atoms. The predicted molar refractivity (Wildman–Crippen MR) is 79.9 cm³/mol. The maximum Gasteiger partial charge on any atom is 0.290 e. The van der Waals surface area contributed by atoms with Crippen molar-refractivity contribution >= 4 is 12.4 Å². The molecule has 1 saturated heterocycles. The molecule has 120 valence electrons. The van der Waals surface area contributed by atoms with Gasteiger partial charge in [-0.25, -0.2) is 0 Å². The zero-order chi connectivity index (χ0) is 15.9. The molecule has 21 heavy (non-hydrogen) atoms. The Morgan fingerprint density at radius 1 is 1.43 bits per heavy atom. The van der Waals surface area contributed by atoms with Crippen LogP contribution < -0.4 is 0 Å². The number of hydrogen-bond donors (Lipinski definition) is 2. The lowest BCUT2D eigenvalue weighted by Crippen LogP contribution is -2.55. The molecule has 0 aliphatic carbocycles. The fourth-order valence-electron chi connectivity index (χ4n) is 2.82. The summed E-state index contributed by atoms with van der Waals surface area (Å²) < 4.78 is 0. The van der Waals surface area contributed by atoms with Crippen LogP contribution in [0, 0.1) is 0 Å². The van der Waals surface area contributed by atoms with Crippen molar-refractivity contribution in [2.24, 2.45) is 0 Å². The molecule has 0 radical (unpaired) electrons. The lowest BCUT2D eigenvalue weighted by Gasteiger charge is -2.39. The summed E-state index contributed by atoms with van der Waals surface area (Å²) in [5.74, 6) is -0.0703. The molecule has 1 atom stereocenters. The number of hydrogen-bond acceptors (Lipinski definition) is 4. The number of amides is 1. The van der Waals surface area contributed by atoms with Crippen LogP contribution in [0.3, 0.4) is 0 Å². The first-order valence-corrected chi connectivity index (χ1v) is 7.45. The Hall–Kier alpha value is -1.40. The Kier molecular flexibility index (Phi) is 6.84. The van der Waals surface area contributed by atoms with Gasteiger partial charge in [-0.05, 0) is 26.3 Å². The first-order valence-electron chi connectivity index (χ1n) is 7.45. The largest absolute Gasteiger partial charge is 0.483 e. The quantitative estimate of drug-likeness (QED) is 0.592. The standard InChI is InChI=1S/C14H24N2O2.CH2O2/c1-3-5-12-6-4-9-16(12)13(17)14(18)7-10-15(2)11-8-14;2-1-3/h4,6,12,18H,3,5,7-11H2,1-2H3;1H,(H,2,3). The summed E-state index contributed by atoms with van der Waals surface area (Å²) in [6.45, 7) is 4.12. The third-order valence-electron chi connectivity index (χ3n) is 4.12. The summed E-state index contributed by atoms with van der Waals surface area (Å²) >= 11 is 0. The highest BCUT2D eigenvalue weighted by Gasteiger charge is 2.43. The van der Waals surface area contributed by atoms with Crippen LogP contribution in [0.15, 0.2) is 12.2 Å². The average Bonchev–Trinajstić information content (AvgIpc) is 2.91. The molecule has 6 heteroatoms. The Bertz CT molecular complexity index is 376. The molecule has 2 N–H and O–H groups in total. The van der Waals surface area contributed by atoms with Gasteiger partial charge in [-0.1, -0.05) is 25.5 Å². The van der Waals surface area contributed by atoms with Gasteiger partial charge >= 0.3 is 0 Å². The number of nitrogens with zero attached hydrogens (tertiary/aromatic N) is 2. The van der Waals surface area contributed by atoms with Gasteiger partial charge in [0.1, 0.15) is 5.60 Å².